The molecule has 4 heterocycles. The van der Waals surface area contributed by atoms with E-state index in [-0.39, 0.29) is 120 Å². The van der Waals surface area contributed by atoms with Crippen LogP contribution in [-0.4, -0.2) is 251 Å². The number of carbonyl (C=O) groups is 15. The number of nitrogens with zero attached hydrogens (tertiary/aromatic N) is 3. The van der Waals surface area contributed by atoms with Crippen LogP contribution in [-0.2, 0) is 97.6 Å². The second-order valence-corrected chi connectivity index (χ2v) is 32.3. The van der Waals surface area contributed by atoms with E-state index in [4.69, 9.17) is 11.5 Å². The molecule has 39 heteroatoms. The molecule has 124 heavy (non-hydrogen) atoms. The summed E-state index contributed by atoms with van der Waals surface area (Å²) < 4.78 is 0. The number of carboxylic acid groups (broad SMARTS) is 2. The van der Waals surface area contributed by atoms with Crippen molar-refractivity contribution in [1.29, 1.82) is 0 Å². The minimum absolute atomic E-state index is 0.00750. The average molecular weight is 1730 g/mol. The van der Waals surface area contributed by atoms with E-state index < -0.39 is 175 Å². The molecule has 0 saturated carbocycles. The van der Waals surface area contributed by atoms with Gasteiger partial charge in [0.2, 0.25) is 70.9 Å². The minimum Gasteiger partial charge on any atom is -0.508 e. The Morgan fingerprint density at radius 1 is 0.500 bits per heavy atom. The number of hydrogen-bond acceptors (Lipinski definition) is 22. The summed E-state index contributed by atoms with van der Waals surface area (Å²) in [6.45, 7) is 7.01. The number of rotatable bonds is 60. The van der Waals surface area contributed by atoms with Gasteiger partial charge in [0.05, 0.1) is 51.4 Å². The van der Waals surface area contributed by atoms with Gasteiger partial charge in [-0.15, -0.1) is 0 Å². The van der Waals surface area contributed by atoms with Crippen LogP contribution >= 0.6 is 0 Å². The van der Waals surface area contributed by atoms with Gasteiger partial charge in [-0.1, -0.05) is 116 Å². The van der Waals surface area contributed by atoms with Gasteiger partial charge in [-0.25, -0.2) is 14.8 Å². The predicted octanol–water partition coefficient (Wildman–Crippen LogP) is 0.527. The number of likely N-dealkylation sites (tertiary alicyclic amines) is 1. The molecule has 1 aliphatic rings. The van der Waals surface area contributed by atoms with Crippen LogP contribution in [0.4, 0.5) is 0 Å². The van der Waals surface area contributed by atoms with Crippen molar-refractivity contribution in [3.05, 3.63) is 102 Å². The Balaban J connectivity index is 1.12. The topological polar surface area (TPSA) is 610 Å². The fourth-order valence-electron chi connectivity index (χ4n) is 14.4. The SMILES string of the molecule is CCCCCCCCCCCC(=O)CN[C@@H](Cc1ccc(O)cc1)C(=O)N[C@@H](Cc1cnc[nH]1)C(=O)N[C@@H](CO)C(=O)N[C@@H](CC(C)C)C(=O)NCC(=O)N[C@@H](CCCCN)C(=O)N[C@@H](Cc1c[nH]c2ccccc12)C(=O)N[C@@H](CC(C)C)C(=O)NCC(=O)N[C@@H](Cc1cnc[nH]1)C(=O)N1CCC[C@H]1C(=O)N[C@@H](CC(=O)O)C(=O)N[C@@H](CCCCN)C(=O)O. The number of unbranched alkanes of at least 4 members (excludes halogenated alkanes) is 10. The number of phenolic OH excluding ortho intramolecular Hbond substituents is 1. The maximum Gasteiger partial charge on any atom is 0.326 e. The van der Waals surface area contributed by atoms with Crippen molar-refractivity contribution < 1.29 is 92.3 Å². The van der Waals surface area contributed by atoms with Crippen molar-refractivity contribution in [3.8, 4) is 5.75 Å². The summed E-state index contributed by atoms with van der Waals surface area (Å²) in [6.07, 6.45) is 17.3. The highest BCUT2D eigenvalue weighted by Gasteiger charge is 2.41. The minimum atomic E-state index is -1.76. The lowest BCUT2D eigenvalue weighted by atomic mass is 10.00. The summed E-state index contributed by atoms with van der Waals surface area (Å²) in [4.78, 5) is 226. The Hall–Kier alpha value is -11.7. The standard InChI is InChI=1S/C85H128N20O19/c1-6-7-8-9-10-11-12-13-14-22-58(108)45-91-63(37-53-28-30-57(107)31-29-53)78(116)102-67(39-55-43-88-49-94-55)80(118)104-70(48-106)82(120)100-65(36-52(4)5)76(114)92-46-72(109)96-61(25-17-19-32-86)77(115)101-66(38-54-42-90-60-24-16-15-23-59(54)60)79(117)99-64(35-51(2)3)75(113)93-47-73(110)97-69(40-56-44-89-50-95-56)84(122)105-34-21-27-71(105)83(121)103-68(41-74(111)112)81(119)98-62(85(123)124)26-18-20-33-87/h15-16,23-24,28-31,42-44,49-52,61-71,90-91,106-107H,6-14,17-22,25-27,32-41,45-48,86-87H2,1-5H3,(H,88,94)(H,89,95)(H,92,114)(H,93,113)(H,96,109)(H,97,110)(H,98,119)(H,99,117)(H,100,120)(H,101,115)(H,102,116)(H,103,121)(H,104,118)(H,111,112)(H,123,124)/t61-,62-,63-,64-,65-,66-,67-,68-,69-,70-,71-/m0/s1. The lowest BCUT2D eigenvalue weighted by molar-refractivity contribution is -0.145. The van der Waals surface area contributed by atoms with Crippen LogP contribution < -0.4 is 75.3 Å². The number of carbonyl (C=O) groups excluding carboxylic acids is 13. The average Bonchev–Trinajstić information content (AvgIpc) is 1.68. The van der Waals surface area contributed by atoms with Gasteiger partial charge in [-0.05, 0) is 131 Å². The molecule has 0 bridgehead atoms. The van der Waals surface area contributed by atoms with Crippen LogP contribution in [0.2, 0.25) is 0 Å². The zero-order chi connectivity index (χ0) is 90.6. The van der Waals surface area contributed by atoms with Crippen molar-refractivity contribution in [1.82, 2.24) is 93.6 Å². The smallest absolute Gasteiger partial charge is 0.326 e. The summed E-state index contributed by atoms with van der Waals surface area (Å²) in [5, 5.41) is 72.2. The number of aromatic hydroxyl groups is 1. The number of H-pyrrole nitrogens is 3. The number of aliphatic carboxylic acids is 2. The lowest BCUT2D eigenvalue weighted by Gasteiger charge is -2.30. The van der Waals surface area contributed by atoms with E-state index in [9.17, 15) is 92.3 Å². The van der Waals surface area contributed by atoms with Crippen LogP contribution in [0.5, 0.6) is 5.75 Å². The summed E-state index contributed by atoms with van der Waals surface area (Å²) in [7, 11) is 0. The molecule has 2 aromatic carbocycles. The summed E-state index contributed by atoms with van der Waals surface area (Å²) in [5.41, 5.74) is 14.1. The molecule has 682 valence electrons. The van der Waals surface area contributed by atoms with Crippen molar-refractivity contribution in [3.63, 3.8) is 0 Å². The van der Waals surface area contributed by atoms with Crippen LogP contribution in [0.3, 0.4) is 0 Å². The van der Waals surface area contributed by atoms with Crippen molar-refractivity contribution in [2.24, 2.45) is 23.3 Å². The molecule has 5 aromatic rings. The fraction of sp³-hybridized carbons (Fsp3) is 0.588. The second-order valence-electron chi connectivity index (χ2n) is 32.3. The Bertz CT molecular complexity index is 4260. The van der Waals surface area contributed by atoms with E-state index in [0.29, 0.717) is 65.5 Å². The van der Waals surface area contributed by atoms with Crippen molar-refractivity contribution in [2.45, 2.75) is 262 Å². The van der Waals surface area contributed by atoms with Crippen LogP contribution in [0.1, 0.15) is 192 Å². The molecule has 12 amide bonds. The van der Waals surface area contributed by atoms with E-state index in [2.05, 4.69) is 95.6 Å². The number of ketones is 1. The second kappa shape index (κ2) is 54.0. The molecular formula is C85H128N20O19. The molecule has 23 N–H and O–H groups in total. The number of Topliss-reactive ketones (excluding diaryl/α,β-unsaturated/α-hetero) is 1. The zero-order valence-electron chi connectivity index (χ0n) is 71.5. The van der Waals surface area contributed by atoms with E-state index >= 15 is 0 Å². The van der Waals surface area contributed by atoms with Crippen LogP contribution in [0.15, 0.2) is 79.8 Å². The first-order chi connectivity index (χ1) is 59.4. The molecule has 0 unspecified atom stereocenters. The van der Waals surface area contributed by atoms with E-state index in [1.165, 1.54) is 62.9 Å². The Morgan fingerprint density at radius 2 is 0.992 bits per heavy atom. The van der Waals surface area contributed by atoms with Crippen LogP contribution in [0, 0.1) is 11.8 Å². The molecule has 3 aromatic heterocycles. The van der Waals surface area contributed by atoms with Gasteiger partial charge in [0, 0.05) is 73.1 Å². The Labute approximate surface area is 721 Å². The number of nitrogens with two attached hydrogens (primary N) is 2. The highest BCUT2D eigenvalue weighted by Crippen LogP contribution is 2.23. The molecule has 0 spiro atoms. The lowest BCUT2D eigenvalue weighted by Crippen LogP contribution is -2.60. The third-order valence-electron chi connectivity index (χ3n) is 21.1. The number of aliphatic hydroxyl groups excluding tert-OH is 1. The highest BCUT2D eigenvalue weighted by molar-refractivity contribution is 6.00. The Kier molecular flexibility index (Phi) is 44.0. The molecule has 0 radical (unpaired) electrons. The fourth-order valence-corrected chi connectivity index (χ4v) is 14.4. The number of amides is 12. The molecule has 1 saturated heterocycles. The Morgan fingerprint density at radius 3 is 1.53 bits per heavy atom. The summed E-state index contributed by atoms with van der Waals surface area (Å²) in [5.74, 6) is -14.2. The van der Waals surface area contributed by atoms with Crippen LogP contribution in [0.25, 0.3) is 10.9 Å². The third kappa shape index (κ3) is 35.6. The van der Waals surface area contributed by atoms with E-state index in [1.807, 2.05) is 0 Å². The first-order valence-electron chi connectivity index (χ1n) is 43.0. The van der Waals surface area contributed by atoms with Gasteiger partial charge in [0.25, 0.3) is 0 Å². The first kappa shape index (κ1) is 101. The number of aromatic amines is 3. The maximum atomic E-state index is 14.9. The normalized spacial score (nSPS) is 15.0. The van der Waals surface area contributed by atoms with Gasteiger partial charge in [-0.2, -0.15) is 0 Å². The van der Waals surface area contributed by atoms with Gasteiger partial charge in [0.1, 0.15) is 72.0 Å². The number of imidazole rings is 2. The number of nitrogens with one attached hydrogen (secondary N) is 15. The largest absolute Gasteiger partial charge is 0.508 e. The van der Waals surface area contributed by atoms with Gasteiger partial charge >= 0.3 is 11.9 Å². The zero-order valence-corrected chi connectivity index (χ0v) is 71.5. The number of benzene rings is 2. The van der Waals surface area contributed by atoms with Gasteiger partial charge < -0.3 is 110 Å². The van der Waals surface area contributed by atoms with E-state index in [1.54, 1.807) is 70.3 Å². The summed E-state index contributed by atoms with van der Waals surface area (Å²) in [6, 6.07) is -2.40. The summed E-state index contributed by atoms with van der Waals surface area (Å²) >= 11 is 0. The number of carboxylic acids is 2. The molecule has 6 rings (SSSR count). The number of aliphatic hydroxyl groups is 1. The van der Waals surface area contributed by atoms with E-state index in [0.717, 1.165) is 30.6 Å². The third-order valence-corrected chi connectivity index (χ3v) is 21.1. The van der Waals surface area contributed by atoms with Gasteiger partial charge in [0.15, 0.2) is 0 Å². The number of aromatic nitrogens is 5. The maximum absolute atomic E-state index is 14.9. The predicted molar refractivity (Wildman–Crippen MR) is 457 cm³/mol. The number of hydrogen-bond donors (Lipinski definition) is 21. The quantitative estimate of drug-likeness (QED) is 0.0236. The molecule has 39 nitrogen and oxygen atoms in total. The first-order valence-corrected chi connectivity index (χ1v) is 43.0. The molecule has 11 atom stereocenters. The molecular weight excluding hydrogens is 1610 g/mol. The van der Waals surface area contributed by atoms with Crippen molar-refractivity contribution >= 4 is 99.5 Å². The molecule has 1 aliphatic heterocycles. The highest BCUT2D eigenvalue weighted by atomic mass is 16.4. The number of phenols is 1. The number of para-hydroxylation sites is 1. The molecule has 1 fully saturated rings. The van der Waals surface area contributed by atoms with Gasteiger partial charge in [-0.3, -0.25) is 72.4 Å². The number of fused-ring (bicyclic) bond motifs is 1. The van der Waals surface area contributed by atoms with Crippen molar-refractivity contribution in [2.75, 3.05) is 45.9 Å². The molecule has 0 aliphatic carbocycles. The monoisotopic (exact) mass is 1730 g/mol.